The van der Waals surface area contributed by atoms with Crippen molar-refractivity contribution in [2.45, 2.75) is 57.7 Å². The molecule has 2 amide bonds. The lowest BCUT2D eigenvalue weighted by Crippen LogP contribution is -2.53. The molecule has 0 N–H and O–H groups in total. The summed E-state index contributed by atoms with van der Waals surface area (Å²) in [5, 5.41) is 0. The molecule has 5 nitrogen and oxygen atoms in total. The molecule has 0 bridgehead atoms. The molecule has 3 aliphatic heterocycles. The van der Waals surface area contributed by atoms with Crippen molar-refractivity contribution >= 4 is 11.8 Å². The molecule has 3 fully saturated rings. The molecule has 1 aromatic carbocycles. The Morgan fingerprint density at radius 3 is 2.41 bits per heavy atom. The maximum absolute atomic E-state index is 12.8. The van der Waals surface area contributed by atoms with Crippen molar-refractivity contribution in [3.05, 3.63) is 35.4 Å². The van der Waals surface area contributed by atoms with Gasteiger partial charge in [-0.15, -0.1) is 0 Å². The van der Waals surface area contributed by atoms with Gasteiger partial charge in [0, 0.05) is 37.7 Å². The summed E-state index contributed by atoms with van der Waals surface area (Å²) in [5.74, 6) is 0.506. The van der Waals surface area contributed by atoms with Gasteiger partial charge in [-0.2, -0.15) is 0 Å². The van der Waals surface area contributed by atoms with Crippen LogP contribution in [0.1, 0.15) is 54.9 Å². The van der Waals surface area contributed by atoms with E-state index in [0.717, 1.165) is 56.3 Å². The quantitative estimate of drug-likeness (QED) is 0.804. The Kier molecular flexibility index (Phi) is 4.97. The maximum Gasteiger partial charge on any atom is 0.253 e. The Labute approximate surface area is 161 Å². The first-order chi connectivity index (χ1) is 13.0. The van der Waals surface area contributed by atoms with Crippen LogP contribution >= 0.6 is 0 Å². The molecule has 0 radical (unpaired) electrons. The molecule has 4 rings (SSSR count). The number of likely N-dealkylation sites (tertiary alicyclic amines) is 2. The zero-order chi connectivity index (χ0) is 19.0. The molecule has 1 spiro atoms. The van der Waals surface area contributed by atoms with E-state index < -0.39 is 0 Å². The van der Waals surface area contributed by atoms with Crippen LogP contribution in [-0.2, 0) is 9.53 Å². The van der Waals surface area contributed by atoms with E-state index in [4.69, 9.17) is 4.74 Å². The fraction of sp³-hybridized carbons (Fsp3) is 0.636. The minimum atomic E-state index is -0.287. The summed E-state index contributed by atoms with van der Waals surface area (Å²) in [4.78, 5) is 29.4. The average molecular weight is 370 g/mol. The highest BCUT2D eigenvalue weighted by Crippen LogP contribution is 2.43. The summed E-state index contributed by atoms with van der Waals surface area (Å²) in [6.07, 6.45) is 4.48. The number of carbonyl (C=O) groups is 2. The number of rotatable bonds is 2. The van der Waals surface area contributed by atoms with E-state index in [2.05, 4.69) is 6.92 Å². The van der Waals surface area contributed by atoms with Gasteiger partial charge in [-0.3, -0.25) is 9.59 Å². The van der Waals surface area contributed by atoms with Crippen LogP contribution < -0.4 is 0 Å². The van der Waals surface area contributed by atoms with Crippen molar-refractivity contribution in [2.75, 3.05) is 26.2 Å². The number of amides is 2. The first-order valence-electron chi connectivity index (χ1n) is 10.3. The van der Waals surface area contributed by atoms with Crippen molar-refractivity contribution in [1.82, 2.24) is 9.80 Å². The number of ether oxygens (including phenoxy) is 1. The summed E-state index contributed by atoms with van der Waals surface area (Å²) in [7, 11) is 0. The molecular formula is C22H30N2O3. The molecule has 0 aliphatic carbocycles. The Bertz CT molecular complexity index is 711. The van der Waals surface area contributed by atoms with Crippen LogP contribution in [0.5, 0.6) is 0 Å². The molecule has 3 heterocycles. The lowest BCUT2D eigenvalue weighted by atomic mass is 9.80. The second-order valence-electron chi connectivity index (χ2n) is 8.51. The molecule has 146 valence electrons. The summed E-state index contributed by atoms with van der Waals surface area (Å²) >= 11 is 0. The zero-order valence-corrected chi connectivity index (χ0v) is 16.4. The van der Waals surface area contributed by atoms with Gasteiger partial charge >= 0.3 is 0 Å². The van der Waals surface area contributed by atoms with Crippen LogP contribution in [-0.4, -0.2) is 59.5 Å². The topological polar surface area (TPSA) is 49.9 Å². The fourth-order valence-corrected chi connectivity index (χ4v) is 4.86. The number of benzene rings is 1. The number of hydrogen-bond donors (Lipinski definition) is 0. The summed E-state index contributed by atoms with van der Waals surface area (Å²) in [6, 6.07) is 7.78. The standard InChI is InChI=1S/C22H30N2O3/c1-16-5-7-18(8-6-16)20(25)24-14-11-22(17(2)15-24)10-9-19(27-22)21(26)23-12-3-4-13-23/h5-8,17,19H,3-4,9-15H2,1-2H3. The first-order valence-corrected chi connectivity index (χ1v) is 10.3. The number of piperidine rings is 1. The second kappa shape index (κ2) is 7.27. The lowest BCUT2D eigenvalue weighted by molar-refractivity contribution is -0.154. The lowest BCUT2D eigenvalue weighted by Gasteiger charge is -2.44. The van der Waals surface area contributed by atoms with Gasteiger partial charge in [-0.25, -0.2) is 0 Å². The third-order valence-corrected chi connectivity index (χ3v) is 6.68. The minimum absolute atomic E-state index is 0.0967. The number of nitrogens with zero attached hydrogens (tertiary/aromatic N) is 2. The van der Waals surface area contributed by atoms with Crippen molar-refractivity contribution < 1.29 is 14.3 Å². The normalized spacial score (nSPS) is 30.9. The van der Waals surface area contributed by atoms with Crippen molar-refractivity contribution in [3.63, 3.8) is 0 Å². The number of aryl methyl sites for hydroxylation is 1. The predicted octanol–water partition coefficient (Wildman–Crippen LogP) is 3.02. The van der Waals surface area contributed by atoms with Gasteiger partial charge in [0.25, 0.3) is 11.8 Å². The molecule has 3 unspecified atom stereocenters. The molecular weight excluding hydrogens is 340 g/mol. The second-order valence-corrected chi connectivity index (χ2v) is 8.51. The van der Waals surface area contributed by atoms with E-state index in [1.165, 1.54) is 0 Å². The Morgan fingerprint density at radius 2 is 1.74 bits per heavy atom. The Balaban J connectivity index is 1.39. The first kappa shape index (κ1) is 18.5. The number of hydrogen-bond acceptors (Lipinski definition) is 3. The predicted molar refractivity (Wildman–Crippen MR) is 104 cm³/mol. The molecule has 27 heavy (non-hydrogen) atoms. The Hall–Kier alpha value is -1.88. The van der Waals surface area contributed by atoms with Crippen LogP contribution in [0.25, 0.3) is 0 Å². The fourth-order valence-electron chi connectivity index (χ4n) is 4.86. The largest absolute Gasteiger partial charge is 0.362 e. The molecule has 0 aromatic heterocycles. The van der Waals surface area contributed by atoms with Crippen molar-refractivity contribution in [2.24, 2.45) is 5.92 Å². The average Bonchev–Trinajstić information content (AvgIpc) is 3.35. The monoisotopic (exact) mass is 370 g/mol. The number of carbonyl (C=O) groups excluding carboxylic acids is 2. The van der Waals surface area contributed by atoms with E-state index in [9.17, 15) is 9.59 Å². The third kappa shape index (κ3) is 3.49. The highest BCUT2D eigenvalue weighted by molar-refractivity contribution is 5.94. The molecule has 3 atom stereocenters. The molecule has 5 heteroatoms. The molecule has 3 aliphatic rings. The van der Waals surface area contributed by atoms with E-state index in [0.29, 0.717) is 13.1 Å². The van der Waals surface area contributed by atoms with E-state index in [1.54, 1.807) is 0 Å². The van der Waals surface area contributed by atoms with Gasteiger partial charge in [0.05, 0.1) is 5.60 Å². The van der Waals surface area contributed by atoms with Gasteiger partial charge in [-0.1, -0.05) is 24.6 Å². The highest BCUT2D eigenvalue weighted by Gasteiger charge is 2.50. The summed E-state index contributed by atoms with van der Waals surface area (Å²) in [5.41, 5.74) is 1.66. The van der Waals surface area contributed by atoms with Crippen molar-refractivity contribution in [3.8, 4) is 0 Å². The van der Waals surface area contributed by atoms with Crippen molar-refractivity contribution in [1.29, 1.82) is 0 Å². The SMILES string of the molecule is Cc1ccc(C(=O)N2CCC3(CCC(C(=O)N4CCCC4)O3)C(C)C2)cc1. The van der Waals surface area contributed by atoms with Crippen LogP contribution in [0.15, 0.2) is 24.3 Å². The van der Waals surface area contributed by atoms with E-state index >= 15 is 0 Å². The zero-order valence-electron chi connectivity index (χ0n) is 16.4. The summed E-state index contributed by atoms with van der Waals surface area (Å²) in [6.45, 7) is 7.33. The Morgan fingerprint density at radius 1 is 1.04 bits per heavy atom. The molecule has 3 saturated heterocycles. The van der Waals surface area contributed by atoms with Gasteiger partial charge in [0.2, 0.25) is 0 Å². The van der Waals surface area contributed by atoms with E-state index in [-0.39, 0.29) is 29.4 Å². The molecule has 0 saturated carbocycles. The van der Waals surface area contributed by atoms with Gasteiger partial charge in [0.1, 0.15) is 6.10 Å². The van der Waals surface area contributed by atoms with Gasteiger partial charge in [0.15, 0.2) is 0 Å². The highest BCUT2D eigenvalue weighted by atomic mass is 16.5. The third-order valence-electron chi connectivity index (χ3n) is 6.68. The van der Waals surface area contributed by atoms with E-state index in [1.807, 2.05) is 41.0 Å². The maximum atomic E-state index is 12.8. The minimum Gasteiger partial charge on any atom is -0.362 e. The van der Waals surface area contributed by atoms with Crippen LogP contribution in [0.3, 0.4) is 0 Å². The van der Waals surface area contributed by atoms with Crippen LogP contribution in [0.2, 0.25) is 0 Å². The van der Waals surface area contributed by atoms with Crippen LogP contribution in [0.4, 0.5) is 0 Å². The summed E-state index contributed by atoms with van der Waals surface area (Å²) < 4.78 is 6.40. The van der Waals surface area contributed by atoms with Crippen LogP contribution in [0, 0.1) is 12.8 Å². The van der Waals surface area contributed by atoms with Gasteiger partial charge < -0.3 is 14.5 Å². The molecule has 1 aromatic rings. The smallest absolute Gasteiger partial charge is 0.253 e. The van der Waals surface area contributed by atoms with Gasteiger partial charge in [-0.05, 0) is 51.2 Å².